The van der Waals surface area contributed by atoms with Gasteiger partial charge in [-0.15, -0.1) is 0 Å². The zero-order valence-corrected chi connectivity index (χ0v) is 35.8. The van der Waals surface area contributed by atoms with E-state index in [1.807, 2.05) is 115 Å². The van der Waals surface area contributed by atoms with Crippen LogP contribution in [0.4, 0.5) is 0 Å². The molecule has 12 rings (SSSR count). The molecule has 0 aliphatic carbocycles. The quantitative estimate of drug-likeness (QED) is 0.160. The van der Waals surface area contributed by atoms with Crippen molar-refractivity contribution in [1.29, 1.82) is 0 Å². The molecular weight excluding hydrogens is 817 g/mol. The lowest BCUT2D eigenvalue weighted by atomic mass is 9.63. The largest absolute Gasteiger partial charge is 0.309 e. The summed E-state index contributed by atoms with van der Waals surface area (Å²) >= 11 is 0. The van der Waals surface area contributed by atoms with Gasteiger partial charge in [0.25, 0.3) is 0 Å². The Kier molecular flexibility index (Phi) is 9.00. The van der Waals surface area contributed by atoms with E-state index in [9.17, 15) is 8.42 Å². The molecule has 9 aromatic carbocycles. The first kappa shape index (κ1) is 38.4. The topological polar surface area (TPSA) is 77.7 Å². The average Bonchev–Trinajstić information content (AvgIpc) is 3.71. The lowest BCUT2D eigenvalue weighted by Gasteiger charge is -2.42. The van der Waals surface area contributed by atoms with Crippen molar-refractivity contribution in [2.45, 2.75) is 15.2 Å². The van der Waals surface area contributed by atoms with Gasteiger partial charge in [-0.3, -0.25) is 0 Å². The summed E-state index contributed by atoms with van der Waals surface area (Å²) < 4.78 is 31.2. The molecule has 0 saturated heterocycles. The summed E-state index contributed by atoms with van der Waals surface area (Å²) in [5.41, 5.74) is 10.1. The highest BCUT2D eigenvalue weighted by Gasteiger charge is 2.49. The van der Waals surface area contributed by atoms with Crippen molar-refractivity contribution >= 4 is 31.6 Å². The van der Waals surface area contributed by atoms with Crippen LogP contribution >= 0.6 is 0 Å². The molecule has 0 saturated carbocycles. The van der Waals surface area contributed by atoms with Gasteiger partial charge in [-0.2, -0.15) is 0 Å². The van der Waals surface area contributed by atoms with Crippen LogP contribution in [0, 0.1) is 0 Å². The van der Waals surface area contributed by atoms with E-state index in [2.05, 4.69) is 108 Å². The first-order valence-corrected chi connectivity index (χ1v) is 23.1. The lowest BCUT2D eigenvalue weighted by molar-refractivity contribution is 0.579. The third kappa shape index (κ3) is 6.08. The van der Waals surface area contributed by atoms with Gasteiger partial charge in [0.05, 0.1) is 26.2 Å². The normalized spacial score (nSPS) is 13.6. The number of aromatic nitrogens is 4. The number of hydrogen-bond donors (Lipinski definition) is 0. The molecule has 1 aliphatic rings. The number of rotatable bonds is 7. The second kappa shape index (κ2) is 15.2. The molecule has 0 N–H and O–H groups in total. The van der Waals surface area contributed by atoms with E-state index in [-0.39, 0.29) is 0 Å². The number of fused-ring (bicyclic) bond motifs is 5. The number of nitrogens with zero attached hydrogens (tertiary/aromatic N) is 4. The van der Waals surface area contributed by atoms with E-state index in [0.29, 0.717) is 38.4 Å². The van der Waals surface area contributed by atoms with Gasteiger partial charge in [-0.05, 0) is 75.8 Å². The van der Waals surface area contributed by atoms with Crippen LogP contribution < -0.4 is 0 Å². The molecule has 7 heteroatoms. The molecule has 308 valence electrons. The van der Waals surface area contributed by atoms with Gasteiger partial charge in [-0.25, -0.2) is 23.4 Å². The predicted octanol–water partition coefficient (Wildman–Crippen LogP) is 13.2. The van der Waals surface area contributed by atoms with E-state index < -0.39 is 15.3 Å². The SMILES string of the molecule is O=S1(=O)c2ccccc2C(c2ccccc2)(c2ccccc2-c2cccc(-c3nc(-c4ccccc4)nc(-c4ccc5c6ccccc6n(-c6ccccc6)c5c4)n3)c2)c2ccccc21. The van der Waals surface area contributed by atoms with E-state index in [4.69, 9.17) is 15.0 Å². The molecule has 6 nitrogen and oxygen atoms in total. The Morgan fingerprint density at radius 3 is 1.55 bits per heavy atom. The first-order valence-electron chi connectivity index (χ1n) is 21.6. The van der Waals surface area contributed by atoms with Crippen molar-refractivity contribution in [3.63, 3.8) is 0 Å². The smallest absolute Gasteiger partial charge is 0.207 e. The fourth-order valence-corrected chi connectivity index (χ4v) is 11.7. The van der Waals surface area contributed by atoms with Crippen LogP contribution in [-0.4, -0.2) is 27.9 Å². The van der Waals surface area contributed by atoms with Gasteiger partial charge in [0, 0.05) is 33.2 Å². The van der Waals surface area contributed by atoms with Gasteiger partial charge >= 0.3 is 0 Å². The van der Waals surface area contributed by atoms with Gasteiger partial charge in [0.1, 0.15) is 0 Å². The highest BCUT2D eigenvalue weighted by atomic mass is 32.2. The van der Waals surface area contributed by atoms with Crippen molar-refractivity contribution in [1.82, 2.24) is 19.5 Å². The molecule has 0 bridgehead atoms. The molecule has 0 amide bonds. The second-order valence-electron chi connectivity index (χ2n) is 16.3. The molecule has 0 spiro atoms. The van der Waals surface area contributed by atoms with Crippen LogP contribution in [0.25, 0.3) is 72.8 Å². The minimum absolute atomic E-state index is 0.305. The Morgan fingerprint density at radius 1 is 0.369 bits per heavy atom. The summed E-state index contributed by atoms with van der Waals surface area (Å²) in [7, 11) is -3.82. The first-order chi connectivity index (χ1) is 32.0. The van der Waals surface area contributed by atoms with Crippen LogP contribution in [0.3, 0.4) is 0 Å². The van der Waals surface area contributed by atoms with Gasteiger partial charge in [0.2, 0.25) is 9.84 Å². The van der Waals surface area contributed by atoms with Gasteiger partial charge in [0.15, 0.2) is 17.5 Å². The highest BCUT2D eigenvalue weighted by Crippen LogP contribution is 2.55. The van der Waals surface area contributed by atoms with Crippen LogP contribution in [-0.2, 0) is 15.3 Å². The standard InChI is InChI=1S/C58H38N4O2S/c63-65(64)53-33-16-13-30-49(53)58(43-23-6-2-7-24-43,50-31-14-17-34-54(50)65)48-29-12-10-27-45(48)40-21-18-22-41(37-40)56-59-55(39-19-4-1-5-20-39)60-57(61-56)42-35-36-47-46-28-11-15-32-51(46)62(52(47)38-42)44-25-8-3-9-26-44/h1-38H. The van der Waals surface area contributed by atoms with Gasteiger partial charge in [-0.1, -0.05) is 188 Å². The van der Waals surface area contributed by atoms with Gasteiger partial charge < -0.3 is 4.57 Å². The van der Waals surface area contributed by atoms with Crippen molar-refractivity contribution in [3.05, 3.63) is 253 Å². The van der Waals surface area contributed by atoms with Crippen LogP contribution in [0.2, 0.25) is 0 Å². The maximum atomic E-state index is 14.4. The van der Waals surface area contributed by atoms with Crippen molar-refractivity contribution in [2.24, 2.45) is 0 Å². The molecule has 0 atom stereocenters. The summed E-state index contributed by atoms with van der Waals surface area (Å²) in [6.07, 6.45) is 0. The zero-order chi connectivity index (χ0) is 43.5. The fourth-order valence-electron chi connectivity index (χ4n) is 9.93. The number of para-hydroxylation sites is 2. The third-order valence-electron chi connectivity index (χ3n) is 12.7. The summed E-state index contributed by atoms with van der Waals surface area (Å²) in [5, 5.41) is 2.32. The molecule has 3 heterocycles. The number of sulfone groups is 1. The van der Waals surface area contributed by atoms with E-state index >= 15 is 0 Å². The van der Waals surface area contributed by atoms with E-state index in [1.165, 1.54) is 5.39 Å². The van der Waals surface area contributed by atoms with Crippen molar-refractivity contribution < 1.29 is 8.42 Å². The van der Waals surface area contributed by atoms with Crippen molar-refractivity contribution in [3.8, 4) is 51.0 Å². The molecule has 0 unspecified atom stereocenters. The summed E-state index contributed by atoms with van der Waals surface area (Å²) in [6, 6.07) is 77.3. The third-order valence-corrected chi connectivity index (χ3v) is 14.6. The maximum absolute atomic E-state index is 14.4. The minimum Gasteiger partial charge on any atom is -0.309 e. The Balaban J connectivity index is 1.06. The number of hydrogen-bond acceptors (Lipinski definition) is 5. The molecule has 2 aromatic heterocycles. The summed E-state index contributed by atoms with van der Waals surface area (Å²) in [6.45, 7) is 0. The molecule has 65 heavy (non-hydrogen) atoms. The molecule has 0 radical (unpaired) electrons. The second-order valence-corrected chi connectivity index (χ2v) is 18.2. The van der Waals surface area contributed by atoms with Crippen LogP contribution in [0.5, 0.6) is 0 Å². The lowest BCUT2D eigenvalue weighted by Crippen LogP contribution is -2.38. The molecule has 1 aliphatic heterocycles. The minimum atomic E-state index is -3.82. The Labute approximate surface area is 376 Å². The Morgan fingerprint density at radius 2 is 0.862 bits per heavy atom. The predicted molar refractivity (Wildman–Crippen MR) is 260 cm³/mol. The molecule has 0 fully saturated rings. The Bertz CT molecular complexity index is 3680. The molecule has 11 aromatic rings. The zero-order valence-electron chi connectivity index (χ0n) is 35.0. The average molecular weight is 855 g/mol. The molecular formula is C58H38N4O2S. The summed E-state index contributed by atoms with van der Waals surface area (Å²) in [5.74, 6) is 1.67. The fraction of sp³-hybridized carbons (Fsp3) is 0.0172. The van der Waals surface area contributed by atoms with Crippen LogP contribution in [0.1, 0.15) is 22.3 Å². The van der Waals surface area contributed by atoms with E-state index in [1.54, 1.807) is 12.1 Å². The number of benzene rings is 9. The van der Waals surface area contributed by atoms with E-state index in [0.717, 1.165) is 61.1 Å². The van der Waals surface area contributed by atoms with Crippen LogP contribution in [0.15, 0.2) is 240 Å². The summed E-state index contributed by atoms with van der Waals surface area (Å²) in [4.78, 5) is 16.1. The monoisotopic (exact) mass is 854 g/mol. The highest BCUT2D eigenvalue weighted by molar-refractivity contribution is 7.91. The maximum Gasteiger partial charge on any atom is 0.207 e. The Hall–Kier alpha value is -8.26. The van der Waals surface area contributed by atoms with Crippen molar-refractivity contribution in [2.75, 3.05) is 0 Å².